The number of para-hydroxylation sites is 1. The predicted molar refractivity (Wildman–Crippen MR) is 110 cm³/mol. The Kier molecular flexibility index (Phi) is 6.52. The van der Waals surface area contributed by atoms with Crippen LogP contribution in [0.3, 0.4) is 0 Å². The summed E-state index contributed by atoms with van der Waals surface area (Å²) in [5.74, 6) is -0.569. The average molecular weight is 390 g/mol. The third kappa shape index (κ3) is 5.16. The lowest BCUT2D eigenvalue weighted by Crippen LogP contribution is -2.29. The first-order valence-electron chi connectivity index (χ1n) is 9.12. The minimum absolute atomic E-state index is 0.128. The minimum atomic E-state index is -0.441. The van der Waals surface area contributed by atoms with E-state index >= 15 is 0 Å². The van der Waals surface area contributed by atoms with Crippen molar-refractivity contribution in [1.29, 1.82) is 0 Å². The number of hydrogen-bond acceptors (Lipinski definition) is 6. The molecule has 0 aliphatic rings. The lowest BCUT2D eigenvalue weighted by atomic mass is 10.1. The third-order valence-corrected chi connectivity index (χ3v) is 4.43. The van der Waals surface area contributed by atoms with Crippen LogP contribution in [0.4, 0.5) is 11.4 Å². The van der Waals surface area contributed by atoms with Crippen LogP contribution in [0, 0.1) is 0 Å². The molecule has 0 spiro atoms. The first kappa shape index (κ1) is 20.0. The van der Waals surface area contributed by atoms with Gasteiger partial charge in [0.1, 0.15) is 0 Å². The molecule has 1 amide bonds. The number of likely N-dealkylation sites (N-methyl/N-ethyl adjacent to an activating group) is 1. The van der Waals surface area contributed by atoms with Gasteiger partial charge in [0.05, 0.1) is 35.8 Å². The predicted octanol–water partition coefficient (Wildman–Crippen LogP) is 3.32. The van der Waals surface area contributed by atoms with Crippen LogP contribution >= 0.6 is 0 Å². The topological polar surface area (TPSA) is 84.4 Å². The molecule has 0 bridgehead atoms. The molecule has 0 aliphatic carbocycles. The molecule has 0 fully saturated rings. The van der Waals surface area contributed by atoms with E-state index in [-0.39, 0.29) is 5.91 Å². The summed E-state index contributed by atoms with van der Waals surface area (Å²) in [6.45, 7) is 0.575. The van der Waals surface area contributed by atoms with Crippen LogP contribution in [-0.2, 0) is 11.2 Å². The molecule has 1 aromatic carbocycles. The zero-order chi connectivity index (χ0) is 20.6. The van der Waals surface area contributed by atoms with Crippen LogP contribution in [-0.4, -0.2) is 47.4 Å². The molecule has 7 nitrogen and oxygen atoms in total. The van der Waals surface area contributed by atoms with Gasteiger partial charge >= 0.3 is 5.97 Å². The van der Waals surface area contributed by atoms with E-state index < -0.39 is 5.97 Å². The Balaban J connectivity index is 1.71. The summed E-state index contributed by atoms with van der Waals surface area (Å²) in [6.07, 6.45) is 7.35. The number of benzene rings is 1. The number of hydrogen-bond donors (Lipinski definition) is 1. The molecule has 0 saturated heterocycles. The van der Waals surface area contributed by atoms with Crippen LogP contribution in [0.1, 0.15) is 26.3 Å². The molecule has 3 rings (SSSR count). The normalized spacial score (nSPS) is 10.3. The van der Waals surface area contributed by atoms with Crippen molar-refractivity contribution in [3.63, 3.8) is 0 Å². The van der Waals surface area contributed by atoms with Gasteiger partial charge in [0, 0.05) is 32.2 Å². The van der Waals surface area contributed by atoms with Crippen molar-refractivity contribution in [2.45, 2.75) is 6.42 Å². The molecule has 0 unspecified atom stereocenters. The number of methoxy groups -OCH3 is 1. The van der Waals surface area contributed by atoms with Crippen molar-refractivity contribution in [2.24, 2.45) is 0 Å². The third-order valence-electron chi connectivity index (χ3n) is 4.43. The molecule has 0 radical (unpaired) electrons. The number of carbonyl (C=O) groups is 2. The molecule has 0 saturated carbocycles. The Hall–Kier alpha value is -3.74. The fourth-order valence-electron chi connectivity index (χ4n) is 2.83. The second-order valence-corrected chi connectivity index (χ2v) is 6.46. The summed E-state index contributed by atoms with van der Waals surface area (Å²) in [5, 5.41) is 3.14. The van der Waals surface area contributed by atoms with Gasteiger partial charge in [-0.15, -0.1) is 0 Å². The Bertz CT molecular complexity index is 992. The maximum Gasteiger partial charge on any atom is 0.339 e. The summed E-state index contributed by atoms with van der Waals surface area (Å²) >= 11 is 0. The van der Waals surface area contributed by atoms with Gasteiger partial charge in [-0.1, -0.05) is 12.1 Å². The molecule has 3 aromatic rings. The van der Waals surface area contributed by atoms with Crippen molar-refractivity contribution in [2.75, 3.05) is 26.0 Å². The highest BCUT2D eigenvalue weighted by atomic mass is 16.5. The Morgan fingerprint density at radius 1 is 1.07 bits per heavy atom. The van der Waals surface area contributed by atoms with Gasteiger partial charge in [-0.25, -0.2) is 4.79 Å². The fourth-order valence-corrected chi connectivity index (χ4v) is 2.83. The standard InChI is InChI=1S/C22H22N4O3/c1-26(12-9-16-7-10-23-11-8-16)21(27)17-13-18(15-24-14-17)25-20-6-4-3-5-19(20)22(28)29-2/h3-8,10-11,13-15,25H,9,12H2,1-2H3. The summed E-state index contributed by atoms with van der Waals surface area (Å²) in [4.78, 5) is 34.5. The molecular weight excluding hydrogens is 368 g/mol. The van der Waals surface area contributed by atoms with E-state index in [1.807, 2.05) is 18.2 Å². The number of anilines is 2. The van der Waals surface area contributed by atoms with E-state index in [1.54, 1.807) is 54.8 Å². The van der Waals surface area contributed by atoms with Crippen molar-refractivity contribution < 1.29 is 14.3 Å². The number of nitrogens with one attached hydrogen (secondary N) is 1. The molecule has 0 aliphatic heterocycles. The number of pyridine rings is 2. The molecular formula is C22H22N4O3. The number of carbonyl (C=O) groups excluding carboxylic acids is 2. The first-order valence-corrected chi connectivity index (χ1v) is 9.12. The van der Waals surface area contributed by atoms with Crippen molar-refractivity contribution in [1.82, 2.24) is 14.9 Å². The van der Waals surface area contributed by atoms with E-state index in [9.17, 15) is 9.59 Å². The second-order valence-electron chi connectivity index (χ2n) is 6.46. The van der Waals surface area contributed by atoms with Crippen molar-refractivity contribution in [3.05, 3.63) is 83.9 Å². The fraction of sp³-hybridized carbons (Fsp3) is 0.182. The highest BCUT2D eigenvalue weighted by Crippen LogP contribution is 2.22. The smallest absolute Gasteiger partial charge is 0.339 e. The zero-order valence-electron chi connectivity index (χ0n) is 16.3. The maximum absolute atomic E-state index is 12.8. The van der Waals surface area contributed by atoms with E-state index in [4.69, 9.17) is 4.74 Å². The van der Waals surface area contributed by atoms with Gasteiger partial charge in [0.25, 0.3) is 5.91 Å². The summed E-state index contributed by atoms with van der Waals surface area (Å²) in [5.41, 5.74) is 3.17. The largest absolute Gasteiger partial charge is 0.465 e. The van der Waals surface area contributed by atoms with Gasteiger partial charge in [-0.05, 0) is 42.3 Å². The lowest BCUT2D eigenvalue weighted by molar-refractivity contribution is 0.0601. The number of ether oxygens (including phenoxy) is 1. The van der Waals surface area contributed by atoms with E-state index in [2.05, 4.69) is 15.3 Å². The minimum Gasteiger partial charge on any atom is -0.465 e. The highest BCUT2D eigenvalue weighted by molar-refractivity contribution is 5.97. The number of aromatic nitrogens is 2. The van der Waals surface area contributed by atoms with Crippen molar-refractivity contribution in [3.8, 4) is 0 Å². The van der Waals surface area contributed by atoms with Crippen LogP contribution in [0.5, 0.6) is 0 Å². The molecule has 1 N–H and O–H groups in total. The van der Waals surface area contributed by atoms with E-state index in [0.717, 1.165) is 12.0 Å². The quantitative estimate of drug-likeness (QED) is 0.623. The lowest BCUT2D eigenvalue weighted by Gasteiger charge is -2.18. The van der Waals surface area contributed by atoms with Crippen LogP contribution in [0.2, 0.25) is 0 Å². The SMILES string of the molecule is COC(=O)c1ccccc1Nc1cncc(C(=O)N(C)CCc2ccncc2)c1. The van der Waals surface area contributed by atoms with Gasteiger partial charge in [-0.2, -0.15) is 0 Å². The monoisotopic (exact) mass is 390 g/mol. The summed E-state index contributed by atoms with van der Waals surface area (Å²) in [6, 6.07) is 12.6. The molecule has 2 heterocycles. The molecule has 7 heteroatoms. The Morgan fingerprint density at radius 3 is 2.59 bits per heavy atom. The van der Waals surface area contributed by atoms with Crippen LogP contribution in [0.15, 0.2) is 67.3 Å². The van der Waals surface area contributed by atoms with Gasteiger partial charge in [0.2, 0.25) is 0 Å². The second kappa shape index (κ2) is 9.45. The van der Waals surface area contributed by atoms with Gasteiger partial charge in [0.15, 0.2) is 0 Å². The zero-order valence-corrected chi connectivity index (χ0v) is 16.3. The Labute approximate surface area is 169 Å². The molecule has 148 valence electrons. The number of rotatable bonds is 7. The first-order chi connectivity index (χ1) is 14.1. The number of nitrogens with zero attached hydrogens (tertiary/aromatic N) is 3. The van der Waals surface area contributed by atoms with E-state index in [1.165, 1.54) is 13.3 Å². The Morgan fingerprint density at radius 2 is 1.83 bits per heavy atom. The molecule has 29 heavy (non-hydrogen) atoms. The van der Waals surface area contributed by atoms with Gasteiger partial charge < -0.3 is 15.0 Å². The summed E-state index contributed by atoms with van der Waals surface area (Å²) in [7, 11) is 3.10. The van der Waals surface area contributed by atoms with Crippen molar-refractivity contribution >= 4 is 23.3 Å². The van der Waals surface area contributed by atoms with E-state index in [0.29, 0.717) is 29.0 Å². The van der Waals surface area contributed by atoms with Crippen LogP contribution < -0.4 is 5.32 Å². The number of amides is 1. The molecule has 0 atom stereocenters. The number of esters is 1. The average Bonchev–Trinajstić information content (AvgIpc) is 2.77. The highest BCUT2D eigenvalue weighted by Gasteiger charge is 2.15. The summed E-state index contributed by atoms with van der Waals surface area (Å²) < 4.78 is 4.81. The molecule has 2 aromatic heterocycles. The van der Waals surface area contributed by atoms with Gasteiger partial charge in [-0.3, -0.25) is 14.8 Å². The van der Waals surface area contributed by atoms with Crippen LogP contribution in [0.25, 0.3) is 0 Å². The maximum atomic E-state index is 12.8.